The first kappa shape index (κ1) is 18.0. The molecular weight excluding hydrogens is 389 g/mol. The third-order valence-corrected chi connectivity index (χ3v) is 8.44. The zero-order valence-electron chi connectivity index (χ0n) is 17.7. The Morgan fingerprint density at radius 2 is 1.97 bits per heavy atom. The van der Waals surface area contributed by atoms with E-state index >= 15 is 0 Å². The number of hydrogen-bond donors (Lipinski definition) is 2. The first-order chi connectivity index (χ1) is 15.1. The normalized spacial score (nSPS) is 28.0. The van der Waals surface area contributed by atoms with Crippen molar-refractivity contribution in [3.8, 4) is 0 Å². The van der Waals surface area contributed by atoms with Gasteiger partial charge in [0.05, 0.1) is 11.4 Å². The van der Waals surface area contributed by atoms with Crippen LogP contribution in [0.25, 0.3) is 10.9 Å². The Balaban J connectivity index is 1.57. The van der Waals surface area contributed by atoms with Crippen LogP contribution in [-0.4, -0.2) is 23.0 Å². The minimum absolute atomic E-state index is 0.0793. The van der Waals surface area contributed by atoms with Gasteiger partial charge in [-0.15, -0.1) is 0 Å². The molecule has 1 saturated carbocycles. The second kappa shape index (κ2) is 5.77. The van der Waals surface area contributed by atoms with Crippen LogP contribution >= 0.6 is 0 Å². The Labute approximate surface area is 180 Å². The second-order valence-electron chi connectivity index (χ2n) is 10.0. The maximum atomic E-state index is 15.0. The molecule has 158 valence electrons. The quantitative estimate of drug-likeness (QED) is 0.551. The molecule has 31 heavy (non-hydrogen) atoms. The van der Waals surface area contributed by atoms with E-state index in [1.54, 1.807) is 12.1 Å². The van der Waals surface area contributed by atoms with Gasteiger partial charge in [-0.1, -0.05) is 38.0 Å². The van der Waals surface area contributed by atoms with Crippen molar-refractivity contribution in [3.63, 3.8) is 0 Å². The van der Waals surface area contributed by atoms with E-state index in [9.17, 15) is 9.18 Å². The minimum Gasteiger partial charge on any atom is -0.356 e. The summed E-state index contributed by atoms with van der Waals surface area (Å²) >= 11 is 0. The van der Waals surface area contributed by atoms with Crippen LogP contribution < -0.4 is 10.2 Å². The van der Waals surface area contributed by atoms with Gasteiger partial charge in [-0.3, -0.25) is 10.1 Å². The van der Waals surface area contributed by atoms with Gasteiger partial charge in [0.2, 0.25) is 0 Å². The predicted octanol–water partition coefficient (Wildman–Crippen LogP) is 4.86. The molecule has 0 saturated heterocycles. The molecule has 2 N–H and O–H groups in total. The SMILES string of the molecule is C[C@H]1CC2(CCCC2)N2C(=O)[C@]3(NCCc4c3[nH]c3ccccc43)c3cc(F)cc1c32. The first-order valence-electron chi connectivity index (χ1n) is 11.6. The summed E-state index contributed by atoms with van der Waals surface area (Å²) < 4.78 is 15.0. The van der Waals surface area contributed by atoms with E-state index in [4.69, 9.17) is 0 Å². The topological polar surface area (TPSA) is 48.1 Å². The summed E-state index contributed by atoms with van der Waals surface area (Å²) in [5.74, 6) is 0.0743. The van der Waals surface area contributed by atoms with Crippen LogP contribution in [0.1, 0.15) is 67.3 Å². The number of nitrogens with one attached hydrogen (secondary N) is 2. The number of carbonyl (C=O) groups excluding carboxylic acids is 1. The highest BCUT2D eigenvalue weighted by molar-refractivity contribution is 6.13. The highest BCUT2D eigenvalue weighted by atomic mass is 19.1. The van der Waals surface area contributed by atoms with Gasteiger partial charge in [-0.2, -0.15) is 0 Å². The first-order valence-corrected chi connectivity index (χ1v) is 11.6. The number of benzene rings is 2. The molecule has 7 rings (SSSR count). The van der Waals surface area contributed by atoms with Crippen molar-refractivity contribution in [2.75, 3.05) is 11.4 Å². The molecule has 3 aromatic rings. The summed E-state index contributed by atoms with van der Waals surface area (Å²) in [6.07, 6.45) is 6.16. The zero-order valence-corrected chi connectivity index (χ0v) is 17.7. The van der Waals surface area contributed by atoms with Gasteiger partial charge < -0.3 is 9.88 Å². The number of rotatable bonds is 0. The minimum atomic E-state index is -1.03. The Morgan fingerprint density at radius 3 is 2.81 bits per heavy atom. The third kappa shape index (κ3) is 2.02. The second-order valence-corrected chi connectivity index (χ2v) is 10.0. The van der Waals surface area contributed by atoms with Gasteiger partial charge in [-0.25, -0.2) is 4.39 Å². The largest absolute Gasteiger partial charge is 0.356 e. The maximum Gasteiger partial charge on any atom is 0.258 e. The van der Waals surface area contributed by atoms with E-state index in [0.717, 1.165) is 66.5 Å². The van der Waals surface area contributed by atoms with Crippen LogP contribution in [0.3, 0.4) is 0 Å². The fourth-order valence-electron chi connectivity index (χ4n) is 7.26. The molecule has 4 heterocycles. The number of carbonyl (C=O) groups is 1. The molecule has 2 spiro atoms. The lowest BCUT2D eigenvalue weighted by atomic mass is 9.77. The number of fused-ring (bicyclic) bond motifs is 6. The lowest BCUT2D eigenvalue weighted by Crippen LogP contribution is -2.60. The van der Waals surface area contributed by atoms with Crippen molar-refractivity contribution in [1.82, 2.24) is 10.3 Å². The highest BCUT2D eigenvalue weighted by Gasteiger charge is 2.62. The number of aromatic nitrogens is 1. The Bertz CT molecular complexity index is 1270. The predicted molar refractivity (Wildman–Crippen MR) is 119 cm³/mol. The van der Waals surface area contributed by atoms with Crippen molar-refractivity contribution in [2.24, 2.45) is 0 Å². The average molecular weight is 416 g/mol. The molecule has 1 fully saturated rings. The Morgan fingerprint density at radius 1 is 1.16 bits per heavy atom. The summed E-state index contributed by atoms with van der Waals surface area (Å²) in [5, 5.41) is 4.76. The standard InChI is InChI=1S/C26H26FN3O/c1-15-14-25(9-4-5-10-25)30-22-19(15)12-16(27)13-20(22)26(24(30)31)23-18(8-11-28-26)17-6-2-3-7-21(17)29-23/h2-3,6-7,12-13,15,28-29H,4-5,8-11,14H2,1H3/t15-,26-/m0/s1. The van der Waals surface area contributed by atoms with Crippen molar-refractivity contribution in [1.29, 1.82) is 0 Å². The van der Waals surface area contributed by atoms with Crippen LogP contribution in [0.5, 0.6) is 0 Å². The van der Waals surface area contributed by atoms with E-state index in [2.05, 4.69) is 34.3 Å². The summed E-state index contributed by atoms with van der Waals surface area (Å²) in [5.41, 5.74) is 4.75. The van der Waals surface area contributed by atoms with Crippen molar-refractivity contribution in [3.05, 3.63) is 64.6 Å². The molecule has 3 aliphatic heterocycles. The van der Waals surface area contributed by atoms with Gasteiger partial charge in [0.15, 0.2) is 5.54 Å². The van der Waals surface area contributed by atoms with Crippen molar-refractivity contribution >= 4 is 22.5 Å². The summed E-state index contributed by atoms with van der Waals surface area (Å²) in [6.45, 7) is 2.90. The molecule has 4 nitrogen and oxygen atoms in total. The molecule has 0 unspecified atom stereocenters. The van der Waals surface area contributed by atoms with Crippen LogP contribution in [-0.2, 0) is 16.8 Å². The summed E-state index contributed by atoms with van der Waals surface area (Å²) in [7, 11) is 0. The van der Waals surface area contributed by atoms with Crippen molar-refractivity contribution < 1.29 is 9.18 Å². The lowest BCUT2D eigenvalue weighted by molar-refractivity contribution is -0.124. The summed E-state index contributed by atoms with van der Waals surface area (Å²) in [6, 6.07) is 11.5. The van der Waals surface area contributed by atoms with E-state index in [1.165, 1.54) is 10.9 Å². The van der Waals surface area contributed by atoms with E-state index in [1.807, 2.05) is 12.1 Å². The highest BCUT2D eigenvalue weighted by Crippen LogP contribution is 2.59. The van der Waals surface area contributed by atoms with E-state index in [0.29, 0.717) is 6.54 Å². The number of halogens is 1. The average Bonchev–Trinajstić information content (AvgIpc) is 3.44. The maximum absolute atomic E-state index is 15.0. The van der Waals surface area contributed by atoms with Crippen molar-refractivity contribution in [2.45, 2.75) is 62.4 Å². The van der Waals surface area contributed by atoms with Gasteiger partial charge >= 0.3 is 0 Å². The number of aromatic amines is 1. The van der Waals surface area contributed by atoms with E-state index in [-0.39, 0.29) is 23.2 Å². The molecular formula is C26H26FN3O. The van der Waals surface area contributed by atoms with Gasteiger partial charge in [0, 0.05) is 28.6 Å². The lowest BCUT2D eigenvalue weighted by Gasteiger charge is -2.46. The monoisotopic (exact) mass is 415 g/mol. The zero-order chi connectivity index (χ0) is 21.0. The summed E-state index contributed by atoms with van der Waals surface area (Å²) in [4.78, 5) is 20.2. The smallest absolute Gasteiger partial charge is 0.258 e. The van der Waals surface area contributed by atoms with Crippen LogP contribution in [0, 0.1) is 5.82 Å². The molecule has 1 amide bonds. The van der Waals surface area contributed by atoms with Gasteiger partial charge in [0.1, 0.15) is 5.82 Å². The molecule has 4 aliphatic rings. The van der Waals surface area contributed by atoms with Crippen LogP contribution in [0.15, 0.2) is 36.4 Å². The fourth-order valence-corrected chi connectivity index (χ4v) is 7.26. The third-order valence-electron chi connectivity index (χ3n) is 8.44. The Hall–Kier alpha value is -2.66. The molecule has 5 heteroatoms. The van der Waals surface area contributed by atoms with Crippen LogP contribution in [0.2, 0.25) is 0 Å². The number of H-pyrrole nitrogens is 1. The molecule has 1 aliphatic carbocycles. The molecule has 2 atom stereocenters. The molecule has 2 aromatic carbocycles. The molecule has 1 aromatic heterocycles. The number of nitrogens with zero attached hydrogens (tertiary/aromatic N) is 1. The van der Waals surface area contributed by atoms with Gasteiger partial charge in [-0.05, 0) is 60.9 Å². The van der Waals surface area contributed by atoms with Crippen LogP contribution in [0.4, 0.5) is 10.1 Å². The van der Waals surface area contributed by atoms with Gasteiger partial charge in [0.25, 0.3) is 5.91 Å². The number of hydrogen-bond acceptors (Lipinski definition) is 2. The number of anilines is 1. The van der Waals surface area contributed by atoms with E-state index < -0.39 is 5.54 Å². The number of para-hydroxylation sites is 1. The molecule has 0 bridgehead atoms. The Kier molecular flexibility index (Phi) is 3.34. The fraction of sp³-hybridized carbons (Fsp3) is 0.423. The molecule has 0 radical (unpaired) electrons. The number of amides is 1.